The largest absolute Gasteiger partial charge is 0.391 e. The van der Waals surface area contributed by atoms with Gasteiger partial charge in [-0.15, -0.1) is 0 Å². The maximum atomic E-state index is 12.6. The molecule has 24 heavy (non-hydrogen) atoms. The number of aliphatic hydroxyl groups excluding tert-OH is 1. The molecule has 2 aromatic rings. The SMILES string of the molecule is Cc1noc(CCC(=O)N2CCC[C@H](O)[C@@H]2Cc2ccccc2)n1. The van der Waals surface area contributed by atoms with Crippen LogP contribution in [0.15, 0.2) is 34.9 Å². The van der Waals surface area contributed by atoms with Gasteiger partial charge in [-0.1, -0.05) is 35.5 Å². The van der Waals surface area contributed by atoms with Crippen LogP contribution in [0.1, 0.15) is 36.5 Å². The Morgan fingerprint density at radius 2 is 2.17 bits per heavy atom. The standard InChI is InChI=1S/C18H23N3O3/c1-13-19-17(24-20-13)9-10-18(23)21-11-5-8-16(22)15(21)12-14-6-3-2-4-7-14/h2-4,6-7,15-16,22H,5,8-12H2,1H3/t15-,16-/m0/s1. The van der Waals surface area contributed by atoms with Gasteiger partial charge in [-0.05, 0) is 31.7 Å². The molecule has 0 unspecified atom stereocenters. The number of carbonyl (C=O) groups is 1. The Morgan fingerprint density at radius 3 is 2.88 bits per heavy atom. The van der Waals surface area contributed by atoms with Crippen molar-refractivity contribution >= 4 is 5.91 Å². The Balaban J connectivity index is 1.65. The van der Waals surface area contributed by atoms with Crippen LogP contribution in [0.3, 0.4) is 0 Å². The number of nitrogens with zero attached hydrogens (tertiary/aromatic N) is 3. The molecule has 1 saturated heterocycles. The minimum absolute atomic E-state index is 0.0329. The van der Waals surface area contributed by atoms with Crippen LogP contribution in [0.2, 0.25) is 0 Å². The Bertz CT molecular complexity index is 671. The van der Waals surface area contributed by atoms with E-state index in [2.05, 4.69) is 10.1 Å². The lowest BCUT2D eigenvalue weighted by atomic mass is 9.92. The normalized spacial score (nSPS) is 21.0. The fourth-order valence-corrected chi connectivity index (χ4v) is 3.25. The molecule has 1 fully saturated rings. The smallest absolute Gasteiger partial charge is 0.227 e. The third-order valence-electron chi connectivity index (χ3n) is 4.47. The Kier molecular flexibility index (Phi) is 5.25. The second-order valence-corrected chi connectivity index (χ2v) is 6.29. The molecule has 1 aromatic heterocycles. The summed E-state index contributed by atoms with van der Waals surface area (Å²) in [6, 6.07) is 9.83. The Morgan fingerprint density at radius 1 is 1.38 bits per heavy atom. The number of hydrogen-bond acceptors (Lipinski definition) is 5. The van der Waals surface area contributed by atoms with Gasteiger partial charge in [-0.2, -0.15) is 4.98 Å². The summed E-state index contributed by atoms with van der Waals surface area (Å²) in [6.07, 6.45) is 2.52. The maximum absolute atomic E-state index is 12.6. The predicted molar refractivity (Wildman–Crippen MR) is 88.2 cm³/mol. The van der Waals surface area contributed by atoms with Crippen molar-refractivity contribution < 1.29 is 14.4 Å². The number of hydrogen-bond donors (Lipinski definition) is 1. The first-order valence-corrected chi connectivity index (χ1v) is 8.44. The number of piperidine rings is 1. The summed E-state index contributed by atoms with van der Waals surface area (Å²) in [7, 11) is 0. The van der Waals surface area contributed by atoms with Crippen molar-refractivity contribution in [1.82, 2.24) is 15.0 Å². The average Bonchev–Trinajstić information content (AvgIpc) is 3.01. The first-order valence-electron chi connectivity index (χ1n) is 8.44. The van der Waals surface area contributed by atoms with Crippen LogP contribution >= 0.6 is 0 Å². The molecule has 0 saturated carbocycles. The third-order valence-corrected chi connectivity index (χ3v) is 4.47. The van der Waals surface area contributed by atoms with Gasteiger partial charge in [0.2, 0.25) is 11.8 Å². The molecule has 3 rings (SSSR count). The average molecular weight is 329 g/mol. The molecule has 1 N–H and O–H groups in total. The van der Waals surface area contributed by atoms with Crippen LogP contribution in [-0.4, -0.2) is 44.7 Å². The van der Waals surface area contributed by atoms with Crippen LogP contribution in [0.5, 0.6) is 0 Å². The summed E-state index contributed by atoms with van der Waals surface area (Å²) >= 11 is 0. The summed E-state index contributed by atoms with van der Waals surface area (Å²) in [5.41, 5.74) is 1.13. The fourth-order valence-electron chi connectivity index (χ4n) is 3.25. The maximum Gasteiger partial charge on any atom is 0.227 e. The number of aliphatic hydroxyl groups is 1. The second-order valence-electron chi connectivity index (χ2n) is 6.29. The zero-order valence-corrected chi connectivity index (χ0v) is 13.9. The molecule has 1 aliphatic rings. The lowest BCUT2D eigenvalue weighted by Crippen LogP contribution is -2.52. The Hall–Kier alpha value is -2.21. The van der Waals surface area contributed by atoms with Crippen molar-refractivity contribution in [1.29, 1.82) is 0 Å². The second kappa shape index (κ2) is 7.57. The number of likely N-dealkylation sites (tertiary alicyclic amines) is 1. The molecule has 0 aliphatic carbocycles. The van der Waals surface area contributed by atoms with E-state index in [1.54, 1.807) is 6.92 Å². The fraction of sp³-hybridized carbons (Fsp3) is 0.500. The van der Waals surface area contributed by atoms with E-state index in [9.17, 15) is 9.90 Å². The van der Waals surface area contributed by atoms with E-state index >= 15 is 0 Å². The summed E-state index contributed by atoms with van der Waals surface area (Å²) in [5.74, 6) is 1.09. The molecule has 0 spiro atoms. The van der Waals surface area contributed by atoms with Crippen LogP contribution in [0, 0.1) is 6.92 Å². The number of aryl methyl sites for hydroxylation is 2. The zero-order chi connectivity index (χ0) is 16.9. The third kappa shape index (κ3) is 4.00. The number of aromatic nitrogens is 2. The van der Waals surface area contributed by atoms with Crippen molar-refractivity contribution in [3.05, 3.63) is 47.6 Å². The summed E-state index contributed by atoms with van der Waals surface area (Å²) in [5, 5.41) is 14.1. The first-order chi connectivity index (χ1) is 11.6. The lowest BCUT2D eigenvalue weighted by Gasteiger charge is -2.39. The minimum Gasteiger partial charge on any atom is -0.391 e. The molecule has 0 bridgehead atoms. The molecule has 1 aromatic carbocycles. The number of rotatable bonds is 5. The summed E-state index contributed by atoms with van der Waals surface area (Å²) < 4.78 is 5.06. The highest BCUT2D eigenvalue weighted by molar-refractivity contribution is 5.77. The summed E-state index contributed by atoms with van der Waals surface area (Å²) in [4.78, 5) is 18.6. The van der Waals surface area contributed by atoms with Crippen LogP contribution in [0.25, 0.3) is 0 Å². The van der Waals surface area contributed by atoms with E-state index in [1.807, 2.05) is 35.2 Å². The van der Waals surface area contributed by atoms with Crippen LogP contribution in [-0.2, 0) is 17.6 Å². The van der Waals surface area contributed by atoms with Gasteiger partial charge in [-0.25, -0.2) is 0 Å². The highest BCUT2D eigenvalue weighted by Gasteiger charge is 2.33. The predicted octanol–water partition coefficient (Wildman–Crippen LogP) is 1.91. The van der Waals surface area contributed by atoms with Gasteiger partial charge in [0.15, 0.2) is 5.82 Å². The molecule has 2 atom stereocenters. The van der Waals surface area contributed by atoms with Crippen molar-refractivity contribution in [2.24, 2.45) is 0 Å². The van der Waals surface area contributed by atoms with Gasteiger partial charge in [0, 0.05) is 19.4 Å². The van der Waals surface area contributed by atoms with E-state index < -0.39 is 6.10 Å². The topological polar surface area (TPSA) is 79.5 Å². The van der Waals surface area contributed by atoms with Gasteiger partial charge in [0.05, 0.1) is 12.1 Å². The van der Waals surface area contributed by atoms with E-state index in [1.165, 1.54) is 0 Å². The van der Waals surface area contributed by atoms with Crippen molar-refractivity contribution in [3.8, 4) is 0 Å². The van der Waals surface area contributed by atoms with Crippen molar-refractivity contribution in [2.75, 3.05) is 6.54 Å². The zero-order valence-electron chi connectivity index (χ0n) is 13.9. The van der Waals surface area contributed by atoms with Gasteiger partial charge in [0.1, 0.15) is 0 Å². The van der Waals surface area contributed by atoms with Crippen LogP contribution < -0.4 is 0 Å². The first kappa shape index (κ1) is 16.6. The van der Waals surface area contributed by atoms with E-state index in [0.717, 1.165) is 18.4 Å². The molecule has 6 nitrogen and oxygen atoms in total. The number of carbonyl (C=O) groups excluding carboxylic acids is 1. The molecule has 1 amide bonds. The molecular formula is C18H23N3O3. The minimum atomic E-state index is -0.478. The quantitative estimate of drug-likeness (QED) is 0.906. The van der Waals surface area contributed by atoms with E-state index in [0.29, 0.717) is 37.5 Å². The lowest BCUT2D eigenvalue weighted by molar-refractivity contribution is -0.138. The van der Waals surface area contributed by atoms with Gasteiger partial charge in [-0.3, -0.25) is 4.79 Å². The monoisotopic (exact) mass is 329 g/mol. The molecule has 128 valence electrons. The number of benzene rings is 1. The van der Waals surface area contributed by atoms with Crippen LogP contribution in [0.4, 0.5) is 0 Å². The summed E-state index contributed by atoms with van der Waals surface area (Å²) in [6.45, 7) is 2.45. The highest BCUT2D eigenvalue weighted by Crippen LogP contribution is 2.22. The molecular weight excluding hydrogens is 306 g/mol. The van der Waals surface area contributed by atoms with Crippen molar-refractivity contribution in [2.45, 2.75) is 51.2 Å². The van der Waals surface area contributed by atoms with E-state index in [4.69, 9.17) is 4.52 Å². The van der Waals surface area contributed by atoms with Gasteiger partial charge >= 0.3 is 0 Å². The Labute approximate surface area is 141 Å². The van der Waals surface area contributed by atoms with Gasteiger partial charge < -0.3 is 14.5 Å². The molecule has 1 aliphatic heterocycles. The van der Waals surface area contributed by atoms with Gasteiger partial charge in [0.25, 0.3) is 0 Å². The molecule has 6 heteroatoms. The molecule has 0 radical (unpaired) electrons. The number of amides is 1. The van der Waals surface area contributed by atoms with Crippen molar-refractivity contribution in [3.63, 3.8) is 0 Å². The molecule has 2 heterocycles. The highest BCUT2D eigenvalue weighted by atomic mass is 16.5. The van der Waals surface area contributed by atoms with E-state index in [-0.39, 0.29) is 11.9 Å².